The third-order valence-electron chi connectivity index (χ3n) is 6.13. The number of hydrogen-bond donors (Lipinski definition) is 1. The lowest BCUT2D eigenvalue weighted by Crippen LogP contribution is -2.36. The number of aryl methyl sites for hydroxylation is 1. The lowest BCUT2D eigenvalue weighted by Gasteiger charge is -2.38. The summed E-state index contributed by atoms with van der Waals surface area (Å²) in [4.78, 5) is 30.5. The molecular formula is C26H26N4O2S. The molecule has 2 heterocycles. The van der Waals surface area contributed by atoms with Crippen LogP contribution in [0.5, 0.6) is 0 Å². The van der Waals surface area contributed by atoms with Crippen molar-refractivity contribution in [3.63, 3.8) is 0 Å². The number of allylic oxidation sites excluding steroid dienone is 2. The maximum atomic E-state index is 13.3. The Kier molecular flexibility index (Phi) is 5.44. The lowest BCUT2D eigenvalue weighted by molar-refractivity contribution is -0.118. The van der Waals surface area contributed by atoms with E-state index >= 15 is 0 Å². The smallest absolute Gasteiger partial charge is 0.227 e. The van der Waals surface area contributed by atoms with E-state index in [0.717, 1.165) is 28.8 Å². The number of carbonyl (C=O) groups excluding carboxylic acids is 2. The predicted octanol–water partition coefficient (Wildman–Crippen LogP) is 5.22. The highest BCUT2D eigenvalue weighted by molar-refractivity contribution is 7.99. The molecule has 5 rings (SSSR count). The number of Topliss-reactive ketones (excluding diaryl/α,β-unsaturated/α-hetero) is 2. The molecule has 1 aliphatic heterocycles. The molecule has 1 aromatic heterocycles. The van der Waals surface area contributed by atoms with Gasteiger partial charge in [0.15, 0.2) is 11.6 Å². The predicted molar refractivity (Wildman–Crippen MR) is 130 cm³/mol. The largest absolute Gasteiger partial charge is 0.328 e. The molecular weight excluding hydrogens is 432 g/mol. The van der Waals surface area contributed by atoms with Gasteiger partial charge in [-0.2, -0.15) is 4.98 Å². The molecule has 6 nitrogen and oxygen atoms in total. The topological polar surface area (TPSA) is 76.9 Å². The summed E-state index contributed by atoms with van der Waals surface area (Å²) in [5.41, 5.74) is 4.43. The van der Waals surface area contributed by atoms with Gasteiger partial charge in [0, 0.05) is 23.3 Å². The van der Waals surface area contributed by atoms with Crippen molar-refractivity contribution in [2.45, 2.75) is 44.8 Å². The van der Waals surface area contributed by atoms with Gasteiger partial charge >= 0.3 is 0 Å². The fraction of sp³-hybridized carbons (Fsp3) is 0.308. The van der Waals surface area contributed by atoms with Crippen LogP contribution in [-0.4, -0.2) is 32.1 Å². The molecule has 0 fully saturated rings. The number of benzene rings is 2. The second kappa shape index (κ2) is 8.30. The summed E-state index contributed by atoms with van der Waals surface area (Å²) >= 11 is 1.31. The maximum absolute atomic E-state index is 13.3. The fourth-order valence-electron chi connectivity index (χ4n) is 4.54. The van der Waals surface area contributed by atoms with Gasteiger partial charge in [-0.25, -0.2) is 4.68 Å². The van der Waals surface area contributed by atoms with Gasteiger partial charge in [-0.1, -0.05) is 85.8 Å². The molecule has 0 unspecified atom stereocenters. The van der Waals surface area contributed by atoms with Crippen LogP contribution in [0, 0.1) is 12.3 Å². The first kappa shape index (κ1) is 21.6. The van der Waals surface area contributed by atoms with Gasteiger partial charge in [0.05, 0.1) is 5.75 Å². The lowest BCUT2D eigenvalue weighted by atomic mass is 9.73. The molecule has 2 aromatic carbocycles. The quantitative estimate of drug-likeness (QED) is 0.417. The first-order chi connectivity index (χ1) is 15.8. The Hall–Kier alpha value is -3.19. The van der Waals surface area contributed by atoms with Crippen LogP contribution in [0.3, 0.4) is 0 Å². The van der Waals surface area contributed by atoms with Crippen LogP contribution >= 0.6 is 11.8 Å². The van der Waals surface area contributed by atoms with E-state index < -0.39 is 0 Å². The molecule has 0 saturated carbocycles. The van der Waals surface area contributed by atoms with Crippen molar-refractivity contribution in [2.24, 2.45) is 5.41 Å². The van der Waals surface area contributed by atoms with E-state index in [0.29, 0.717) is 23.1 Å². The van der Waals surface area contributed by atoms with E-state index in [1.807, 2.05) is 37.3 Å². The van der Waals surface area contributed by atoms with Crippen molar-refractivity contribution < 1.29 is 9.59 Å². The van der Waals surface area contributed by atoms with E-state index in [1.54, 1.807) is 4.68 Å². The molecule has 0 saturated heterocycles. The maximum Gasteiger partial charge on any atom is 0.227 e. The molecule has 7 heteroatoms. The van der Waals surface area contributed by atoms with Crippen LogP contribution in [0.25, 0.3) is 0 Å². The van der Waals surface area contributed by atoms with Gasteiger partial charge in [0.1, 0.15) is 6.04 Å². The number of nitrogens with one attached hydrogen (secondary N) is 1. The van der Waals surface area contributed by atoms with Crippen molar-refractivity contribution in [2.75, 3.05) is 11.1 Å². The van der Waals surface area contributed by atoms with Crippen molar-refractivity contribution in [3.05, 3.63) is 82.6 Å². The summed E-state index contributed by atoms with van der Waals surface area (Å²) in [7, 11) is 0. The summed E-state index contributed by atoms with van der Waals surface area (Å²) in [6.07, 6.45) is 1.28. The van der Waals surface area contributed by atoms with E-state index in [4.69, 9.17) is 5.10 Å². The molecule has 3 aromatic rings. The molecule has 1 N–H and O–H groups in total. The average Bonchev–Trinajstić information content (AvgIpc) is 3.19. The van der Waals surface area contributed by atoms with Crippen LogP contribution in [0.1, 0.15) is 54.2 Å². The Balaban J connectivity index is 1.49. The number of anilines is 1. The molecule has 2 aliphatic rings. The zero-order valence-electron chi connectivity index (χ0n) is 19.0. The van der Waals surface area contributed by atoms with Crippen molar-refractivity contribution in [1.29, 1.82) is 0 Å². The normalized spacial score (nSPS) is 19.0. The molecule has 0 amide bonds. The third kappa shape index (κ3) is 4.25. The van der Waals surface area contributed by atoms with Gasteiger partial charge in [-0.05, 0) is 24.3 Å². The van der Waals surface area contributed by atoms with E-state index in [9.17, 15) is 9.59 Å². The Morgan fingerprint density at radius 3 is 2.58 bits per heavy atom. The highest BCUT2D eigenvalue weighted by Gasteiger charge is 2.41. The van der Waals surface area contributed by atoms with E-state index in [-0.39, 0.29) is 28.8 Å². The van der Waals surface area contributed by atoms with Gasteiger partial charge in [0.25, 0.3) is 0 Å². The fourth-order valence-corrected chi connectivity index (χ4v) is 5.27. The summed E-state index contributed by atoms with van der Waals surface area (Å²) < 4.78 is 1.80. The number of fused-ring (bicyclic) bond motifs is 1. The molecule has 0 radical (unpaired) electrons. The number of carbonyl (C=O) groups is 2. The standard InChI is InChI=1S/C26H26N4O2S/c1-16-9-11-18(12-10-16)23-22-19(13-26(2,3)14-20(22)31)27-24-28-25(29-30(23)24)33-15-21(32)17-7-5-4-6-8-17/h4-12,23H,13-15H2,1-3H3,(H,27,28,29)/t23-/m1/s1. The van der Waals surface area contributed by atoms with Gasteiger partial charge < -0.3 is 5.32 Å². The molecule has 0 bridgehead atoms. The van der Waals surface area contributed by atoms with Crippen LogP contribution in [0.2, 0.25) is 0 Å². The SMILES string of the molecule is Cc1ccc([C@@H]2C3=C(CC(C)(C)CC3=O)Nc3nc(SCC(=O)c4ccccc4)nn32)cc1. The minimum Gasteiger partial charge on any atom is -0.328 e. The number of rotatable bonds is 5. The summed E-state index contributed by atoms with van der Waals surface area (Å²) in [5.74, 6) is 1.04. The van der Waals surface area contributed by atoms with Gasteiger partial charge in [0.2, 0.25) is 11.1 Å². The minimum absolute atomic E-state index is 0.0331. The van der Waals surface area contributed by atoms with Crippen molar-refractivity contribution in [1.82, 2.24) is 14.8 Å². The second-order valence-corrected chi connectivity index (χ2v) is 10.5. The van der Waals surface area contributed by atoms with Crippen molar-refractivity contribution >= 4 is 29.3 Å². The van der Waals surface area contributed by atoms with Gasteiger partial charge in [-0.3, -0.25) is 9.59 Å². The zero-order valence-corrected chi connectivity index (χ0v) is 19.8. The molecule has 0 spiro atoms. The molecule has 168 valence electrons. The van der Waals surface area contributed by atoms with Crippen molar-refractivity contribution in [3.8, 4) is 0 Å². The van der Waals surface area contributed by atoms with Gasteiger partial charge in [-0.15, -0.1) is 5.10 Å². The highest BCUT2D eigenvalue weighted by Crippen LogP contribution is 2.45. The zero-order chi connectivity index (χ0) is 23.2. The summed E-state index contributed by atoms with van der Waals surface area (Å²) in [5, 5.41) is 8.63. The highest BCUT2D eigenvalue weighted by atomic mass is 32.2. The molecule has 1 aliphatic carbocycles. The Labute approximate surface area is 197 Å². The van der Waals surface area contributed by atoms with E-state index in [1.165, 1.54) is 11.8 Å². The summed E-state index contributed by atoms with van der Waals surface area (Å²) in [6.45, 7) is 6.28. The number of nitrogens with zero attached hydrogens (tertiary/aromatic N) is 3. The van der Waals surface area contributed by atoms with Crippen LogP contribution in [0.15, 0.2) is 71.0 Å². The number of ketones is 2. The number of hydrogen-bond acceptors (Lipinski definition) is 6. The van der Waals surface area contributed by atoms with Crippen LogP contribution in [0.4, 0.5) is 5.95 Å². The van der Waals surface area contributed by atoms with Crippen LogP contribution < -0.4 is 5.32 Å². The monoisotopic (exact) mass is 458 g/mol. The Morgan fingerprint density at radius 1 is 1.12 bits per heavy atom. The number of thioether (sulfide) groups is 1. The molecule has 33 heavy (non-hydrogen) atoms. The Bertz CT molecular complexity index is 1260. The Morgan fingerprint density at radius 2 is 1.85 bits per heavy atom. The first-order valence-corrected chi connectivity index (χ1v) is 12.1. The van der Waals surface area contributed by atoms with Crippen LogP contribution in [-0.2, 0) is 4.79 Å². The summed E-state index contributed by atoms with van der Waals surface area (Å²) in [6, 6.07) is 17.1. The minimum atomic E-state index is -0.327. The molecule has 1 atom stereocenters. The first-order valence-electron chi connectivity index (χ1n) is 11.1. The van der Waals surface area contributed by atoms with E-state index in [2.05, 4.69) is 48.4 Å². The third-order valence-corrected chi connectivity index (χ3v) is 6.97. The second-order valence-electron chi connectivity index (χ2n) is 9.51. The average molecular weight is 459 g/mol. The number of aromatic nitrogens is 3.